The van der Waals surface area contributed by atoms with Crippen molar-refractivity contribution in [3.63, 3.8) is 0 Å². The third kappa shape index (κ3) is 4.15. The second-order valence-corrected chi connectivity index (χ2v) is 6.91. The number of benzene rings is 2. The maximum Gasteiger partial charge on any atom is 0.414 e. The number of carbonyl (C=O) groups is 2. The molecule has 4 rings (SSSR count). The fourth-order valence-electron chi connectivity index (χ4n) is 3.80. The molecule has 3 amide bonds. The number of nitro benzene ring substituents is 2. The summed E-state index contributed by atoms with van der Waals surface area (Å²) in [5, 5.41) is 24.2. The Kier molecular flexibility index (Phi) is 6.52. The zero-order valence-corrected chi connectivity index (χ0v) is 17.4. The highest BCUT2D eigenvalue weighted by molar-refractivity contribution is 5.97. The number of nitrogens with one attached hydrogen (secondary N) is 1. The molecule has 0 atom stereocenters. The van der Waals surface area contributed by atoms with Crippen molar-refractivity contribution in [3.05, 3.63) is 67.8 Å². The van der Waals surface area contributed by atoms with E-state index >= 15 is 0 Å². The quantitative estimate of drug-likeness (QED) is 0.554. The number of fused-ring (bicyclic) bond motifs is 2. The Morgan fingerprint density at radius 2 is 1.38 bits per heavy atom. The molecule has 2 aliphatic heterocycles. The van der Waals surface area contributed by atoms with Gasteiger partial charge in [-0.2, -0.15) is 0 Å². The molecule has 0 saturated heterocycles. The Labute approximate surface area is 182 Å². The molecule has 2 aromatic carbocycles. The number of para-hydroxylation sites is 2. The Morgan fingerprint density at radius 3 is 1.81 bits per heavy atom. The normalized spacial score (nSPS) is 13.4. The summed E-state index contributed by atoms with van der Waals surface area (Å²) in [5.74, 6) is 0. The van der Waals surface area contributed by atoms with Gasteiger partial charge < -0.3 is 10.1 Å². The lowest BCUT2D eigenvalue weighted by Gasteiger charge is -2.16. The smallest absolute Gasteiger partial charge is 0.414 e. The number of methoxy groups -OCH3 is 1. The molecule has 0 aliphatic carbocycles. The molecule has 2 heterocycles. The van der Waals surface area contributed by atoms with Crippen molar-refractivity contribution in [1.82, 2.24) is 5.32 Å². The van der Waals surface area contributed by atoms with E-state index in [1.54, 1.807) is 18.2 Å². The lowest BCUT2D eigenvalue weighted by atomic mass is 10.1. The standard InChI is InChI=1S/C10H11N3O3.C10H10N2O4/c1-11-10(14)12-6-5-7-3-2-4-8(9(7)12)13(15)16;1-16-10(13)11-6-5-7-3-2-4-8(9(7)11)12(14)15/h2-4H,5-6H2,1H3,(H,11,14);2-4H,5-6H2,1H3. The van der Waals surface area contributed by atoms with Gasteiger partial charge in [0.1, 0.15) is 11.4 Å². The van der Waals surface area contributed by atoms with Crippen LogP contribution in [-0.2, 0) is 17.6 Å². The summed E-state index contributed by atoms with van der Waals surface area (Å²) in [4.78, 5) is 46.4. The first kappa shape index (κ1) is 22.5. The van der Waals surface area contributed by atoms with Crippen molar-refractivity contribution in [1.29, 1.82) is 0 Å². The molecular formula is C20H21N5O7. The van der Waals surface area contributed by atoms with Gasteiger partial charge in [-0.25, -0.2) is 9.59 Å². The van der Waals surface area contributed by atoms with E-state index in [0.29, 0.717) is 37.3 Å². The zero-order valence-electron chi connectivity index (χ0n) is 17.4. The van der Waals surface area contributed by atoms with Crippen LogP contribution >= 0.6 is 0 Å². The fourth-order valence-corrected chi connectivity index (χ4v) is 3.80. The lowest BCUT2D eigenvalue weighted by molar-refractivity contribution is -0.384. The number of anilines is 2. The monoisotopic (exact) mass is 443 g/mol. The molecule has 12 heteroatoms. The highest BCUT2D eigenvalue weighted by atomic mass is 16.6. The van der Waals surface area contributed by atoms with Crippen molar-refractivity contribution < 1.29 is 24.2 Å². The van der Waals surface area contributed by atoms with Crippen molar-refractivity contribution in [3.8, 4) is 0 Å². The van der Waals surface area contributed by atoms with E-state index in [2.05, 4.69) is 10.1 Å². The summed E-state index contributed by atoms with van der Waals surface area (Å²) in [7, 11) is 2.77. The van der Waals surface area contributed by atoms with E-state index < -0.39 is 15.9 Å². The molecule has 0 saturated carbocycles. The first-order valence-corrected chi connectivity index (χ1v) is 9.67. The molecule has 0 aromatic heterocycles. The number of ether oxygens (including phenoxy) is 1. The summed E-state index contributed by atoms with van der Waals surface area (Å²) >= 11 is 0. The fraction of sp³-hybridized carbons (Fsp3) is 0.300. The molecule has 1 N–H and O–H groups in total. The van der Waals surface area contributed by atoms with Crippen LogP contribution in [-0.4, -0.2) is 49.2 Å². The third-order valence-corrected chi connectivity index (χ3v) is 5.19. The van der Waals surface area contributed by atoms with Crippen molar-refractivity contribution >= 4 is 34.9 Å². The van der Waals surface area contributed by atoms with Crippen LogP contribution in [0.25, 0.3) is 0 Å². The van der Waals surface area contributed by atoms with Gasteiger partial charge in [0.15, 0.2) is 0 Å². The number of hydrogen-bond acceptors (Lipinski definition) is 7. The number of urea groups is 1. The minimum absolute atomic E-state index is 0.0152. The Balaban J connectivity index is 0.000000181. The van der Waals surface area contributed by atoms with Gasteiger partial charge in [-0.1, -0.05) is 24.3 Å². The lowest BCUT2D eigenvalue weighted by Crippen LogP contribution is -2.36. The number of carbonyl (C=O) groups excluding carboxylic acids is 2. The number of nitrogens with zero attached hydrogens (tertiary/aromatic N) is 4. The highest BCUT2D eigenvalue weighted by Gasteiger charge is 2.33. The number of rotatable bonds is 2. The number of amides is 3. The van der Waals surface area contributed by atoms with Crippen LogP contribution in [0.15, 0.2) is 36.4 Å². The van der Waals surface area contributed by atoms with Gasteiger partial charge in [-0.05, 0) is 24.0 Å². The number of nitro groups is 2. The molecule has 0 unspecified atom stereocenters. The van der Waals surface area contributed by atoms with E-state index in [1.807, 2.05) is 6.07 Å². The highest BCUT2D eigenvalue weighted by Crippen LogP contribution is 2.37. The van der Waals surface area contributed by atoms with E-state index in [-0.39, 0.29) is 17.4 Å². The topological polar surface area (TPSA) is 148 Å². The van der Waals surface area contributed by atoms with Crippen molar-refractivity contribution in [2.24, 2.45) is 0 Å². The number of hydrogen-bond donors (Lipinski definition) is 1. The Morgan fingerprint density at radius 1 is 0.906 bits per heavy atom. The van der Waals surface area contributed by atoms with Crippen LogP contribution in [0.1, 0.15) is 11.1 Å². The predicted molar refractivity (Wildman–Crippen MR) is 115 cm³/mol. The Hall–Kier alpha value is -4.22. The second kappa shape index (κ2) is 9.29. The maximum atomic E-state index is 11.5. The van der Waals surface area contributed by atoms with Crippen LogP contribution in [0.5, 0.6) is 0 Å². The molecule has 168 valence electrons. The van der Waals surface area contributed by atoms with Gasteiger partial charge in [-0.3, -0.25) is 30.0 Å². The van der Waals surface area contributed by atoms with Gasteiger partial charge in [-0.15, -0.1) is 0 Å². The molecule has 2 aromatic rings. The van der Waals surface area contributed by atoms with Crippen molar-refractivity contribution in [2.75, 3.05) is 37.0 Å². The maximum absolute atomic E-state index is 11.5. The molecule has 0 bridgehead atoms. The third-order valence-electron chi connectivity index (χ3n) is 5.19. The van der Waals surface area contributed by atoms with Gasteiger partial charge in [0, 0.05) is 32.3 Å². The van der Waals surface area contributed by atoms with Crippen molar-refractivity contribution in [2.45, 2.75) is 12.8 Å². The van der Waals surface area contributed by atoms with Gasteiger partial charge >= 0.3 is 12.1 Å². The molecule has 2 aliphatic rings. The summed E-state index contributed by atoms with van der Waals surface area (Å²) in [5.41, 5.74) is 2.36. The largest absolute Gasteiger partial charge is 0.452 e. The van der Waals surface area contributed by atoms with Gasteiger partial charge in [0.25, 0.3) is 11.4 Å². The predicted octanol–water partition coefficient (Wildman–Crippen LogP) is 3.02. The summed E-state index contributed by atoms with van der Waals surface area (Å²) in [6.45, 7) is 0.909. The van der Waals surface area contributed by atoms with Gasteiger partial charge in [0.2, 0.25) is 0 Å². The van der Waals surface area contributed by atoms with Crippen LogP contribution < -0.4 is 15.1 Å². The molecule has 32 heavy (non-hydrogen) atoms. The van der Waals surface area contributed by atoms with E-state index in [0.717, 1.165) is 11.1 Å². The average Bonchev–Trinajstić information content (AvgIpc) is 3.42. The van der Waals surface area contributed by atoms with E-state index in [4.69, 9.17) is 0 Å². The first-order chi connectivity index (χ1) is 15.3. The average molecular weight is 443 g/mol. The molecule has 0 fully saturated rings. The SMILES string of the molecule is CNC(=O)N1CCc2cccc([N+](=O)[O-])c21.COC(=O)N1CCc2cccc([N+](=O)[O-])c21. The summed E-state index contributed by atoms with van der Waals surface area (Å²) in [6, 6.07) is 9.35. The second-order valence-electron chi connectivity index (χ2n) is 6.91. The molecular weight excluding hydrogens is 422 g/mol. The Bertz CT molecular complexity index is 1000. The van der Waals surface area contributed by atoms with Gasteiger partial charge in [0.05, 0.1) is 17.0 Å². The molecule has 0 radical (unpaired) electrons. The first-order valence-electron chi connectivity index (χ1n) is 9.67. The zero-order chi connectivity index (χ0) is 23.4. The molecule has 12 nitrogen and oxygen atoms in total. The van der Waals surface area contributed by atoms with E-state index in [9.17, 15) is 29.8 Å². The minimum Gasteiger partial charge on any atom is -0.452 e. The van der Waals surface area contributed by atoms with Crippen LogP contribution in [0.3, 0.4) is 0 Å². The molecule has 0 spiro atoms. The summed E-state index contributed by atoms with van der Waals surface area (Å²) in [6.07, 6.45) is 0.712. The van der Waals surface area contributed by atoms with Crippen LogP contribution in [0.2, 0.25) is 0 Å². The summed E-state index contributed by atoms with van der Waals surface area (Å²) < 4.78 is 4.59. The minimum atomic E-state index is -0.562. The van der Waals surface area contributed by atoms with Crippen LogP contribution in [0.4, 0.5) is 32.3 Å². The van der Waals surface area contributed by atoms with Crippen LogP contribution in [0, 0.1) is 20.2 Å². The van der Waals surface area contributed by atoms with E-state index in [1.165, 1.54) is 36.1 Å².